The second-order valence-corrected chi connectivity index (χ2v) is 6.98. The molecule has 2 aromatic carbocycles. The predicted octanol–water partition coefficient (Wildman–Crippen LogP) is 0.290. The van der Waals surface area contributed by atoms with E-state index in [-0.39, 0.29) is 22.8 Å². The van der Waals surface area contributed by atoms with E-state index >= 15 is 0 Å². The molecule has 2 aromatic rings. The van der Waals surface area contributed by atoms with Gasteiger partial charge in [0.15, 0.2) is 6.54 Å². The Morgan fingerprint density at radius 2 is 1.74 bits per heavy atom. The van der Waals surface area contributed by atoms with Gasteiger partial charge in [0.25, 0.3) is 0 Å². The molecule has 6 heteroatoms. The van der Waals surface area contributed by atoms with Crippen molar-refractivity contribution in [2.24, 2.45) is 0 Å². The van der Waals surface area contributed by atoms with Crippen LogP contribution in [0.25, 0.3) is 0 Å². The van der Waals surface area contributed by atoms with Gasteiger partial charge in [0.1, 0.15) is 11.6 Å². The van der Waals surface area contributed by atoms with Crippen LogP contribution in [0.2, 0.25) is 0 Å². The first kappa shape index (κ1) is 19.8. The van der Waals surface area contributed by atoms with Crippen molar-refractivity contribution in [1.82, 2.24) is 5.01 Å². The number of hydrogen-bond donors (Lipinski definition) is 1. The van der Waals surface area contributed by atoms with Crippen molar-refractivity contribution < 1.29 is 35.9 Å². The lowest BCUT2D eigenvalue weighted by atomic mass is 9.94. The number of hydrazone groups is 1. The Labute approximate surface area is 169 Å². The van der Waals surface area contributed by atoms with E-state index < -0.39 is 5.72 Å². The minimum atomic E-state index is -1.10. The molecule has 1 saturated heterocycles. The van der Waals surface area contributed by atoms with Crippen molar-refractivity contribution in [2.45, 2.75) is 31.4 Å². The molecular formula is C21H24BrFN2O2. The number of hydrogen-bond acceptors (Lipinski definition) is 3. The smallest absolute Gasteiger partial charge is 0.225 e. The fraction of sp³-hybridized carbons (Fsp3) is 0.381. The lowest BCUT2D eigenvalue weighted by Crippen LogP contribution is -3.00. The molecule has 0 radical (unpaired) electrons. The molecule has 4 rings (SSSR count). The zero-order chi connectivity index (χ0) is 18.1. The van der Waals surface area contributed by atoms with Crippen LogP contribution in [0.1, 0.15) is 36.8 Å². The molecule has 0 saturated carbocycles. The quantitative estimate of drug-likeness (QED) is 0.705. The van der Waals surface area contributed by atoms with Crippen molar-refractivity contribution in [2.75, 3.05) is 20.2 Å². The molecular weight excluding hydrogens is 411 g/mol. The summed E-state index contributed by atoms with van der Waals surface area (Å²) in [4.78, 5) is 0. The van der Waals surface area contributed by atoms with Gasteiger partial charge in [0.2, 0.25) is 11.4 Å². The normalized spacial score (nSPS) is 22.1. The molecule has 0 bridgehead atoms. The molecule has 4 nitrogen and oxygen atoms in total. The average Bonchev–Trinajstić information content (AvgIpc) is 2.82. The van der Waals surface area contributed by atoms with Crippen molar-refractivity contribution >= 4 is 5.71 Å². The second kappa shape index (κ2) is 7.98. The van der Waals surface area contributed by atoms with Crippen molar-refractivity contribution in [3.8, 4) is 5.75 Å². The lowest BCUT2D eigenvalue weighted by molar-refractivity contribution is -0.706. The number of halogens is 2. The molecule has 1 fully saturated rings. The zero-order valence-corrected chi connectivity index (χ0v) is 17.0. The van der Waals surface area contributed by atoms with Crippen LogP contribution in [0.4, 0.5) is 4.39 Å². The van der Waals surface area contributed by atoms with Crippen LogP contribution in [-0.4, -0.2) is 40.7 Å². The highest BCUT2D eigenvalue weighted by Gasteiger charge is 2.52. The summed E-state index contributed by atoms with van der Waals surface area (Å²) < 4.78 is 20.8. The van der Waals surface area contributed by atoms with Crippen LogP contribution in [0.15, 0.2) is 48.5 Å². The van der Waals surface area contributed by atoms with Gasteiger partial charge < -0.3 is 26.8 Å². The van der Waals surface area contributed by atoms with E-state index in [9.17, 15) is 9.50 Å². The molecule has 0 aliphatic carbocycles. The summed E-state index contributed by atoms with van der Waals surface area (Å²) in [6, 6.07) is 14.2. The zero-order valence-electron chi connectivity index (χ0n) is 15.4. The summed E-state index contributed by atoms with van der Waals surface area (Å²) in [5.41, 5.74) is 1.76. The van der Waals surface area contributed by atoms with E-state index in [1.54, 1.807) is 19.2 Å². The fourth-order valence-electron chi connectivity index (χ4n) is 4.03. The molecule has 1 N–H and O–H groups in total. The van der Waals surface area contributed by atoms with E-state index in [1.807, 2.05) is 24.3 Å². The Bertz CT molecular complexity index is 823. The second-order valence-electron chi connectivity index (χ2n) is 6.98. The Morgan fingerprint density at radius 3 is 2.41 bits per heavy atom. The highest BCUT2D eigenvalue weighted by atomic mass is 79.9. The molecule has 2 aliphatic heterocycles. The van der Waals surface area contributed by atoms with Crippen molar-refractivity contribution in [3.63, 3.8) is 0 Å². The molecule has 0 spiro atoms. The van der Waals surface area contributed by atoms with Crippen molar-refractivity contribution in [1.29, 1.82) is 0 Å². The van der Waals surface area contributed by atoms with Crippen LogP contribution < -0.4 is 21.7 Å². The van der Waals surface area contributed by atoms with E-state index in [4.69, 9.17) is 4.74 Å². The Hall–Kier alpha value is -1.92. The van der Waals surface area contributed by atoms with Gasteiger partial charge in [0, 0.05) is 17.5 Å². The number of nitrogens with zero attached hydrogens (tertiary/aromatic N) is 2. The third-order valence-electron chi connectivity index (χ3n) is 5.41. The van der Waals surface area contributed by atoms with Crippen LogP contribution in [-0.2, 0) is 5.72 Å². The summed E-state index contributed by atoms with van der Waals surface area (Å²) in [6.07, 6.45) is 3.75. The summed E-state index contributed by atoms with van der Waals surface area (Å²) in [6.45, 7) is 1.67. The maximum Gasteiger partial charge on any atom is 0.225 e. The largest absolute Gasteiger partial charge is 1.00 e. The van der Waals surface area contributed by atoms with Gasteiger partial charge in [0.05, 0.1) is 20.1 Å². The molecule has 1 unspecified atom stereocenters. The van der Waals surface area contributed by atoms with Gasteiger partial charge in [-0.1, -0.05) is 12.1 Å². The molecule has 144 valence electrons. The van der Waals surface area contributed by atoms with Gasteiger partial charge in [-0.05, 0) is 49.2 Å². The molecule has 0 aromatic heterocycles. The molecule has 0 amide bonds. The standard InChI is InChI=1S/C21H24FN2O2.BrH/c1-26-19-11-7-17(8-12-19)21(25)15-20(16-5-9-18(22)10-6-16)23-13-3-2-4-14-24(21)23;/h5-12,25H,2-4,13-15H2,1H3;1H/q+1;/p-1. The SMILES string of the molecule is COc1ccc(C2(O)CC(c3ccc(F)cc3)=[N+]3CCCCCN32)cc1.[Br-]. The van der Waals surface area contributed by atoms with E-state index in [0.717, 1.165) is 54.9 Å². The summed E-state index contributed by atoms with van der Waals surface area (Å²) in [5.74, 6) is 0.524. The average molecular weight is 435 g/mol. The molecule has 2 heterocycles. The van der Waals surface area contributed by atoms with Gasteiger partial charge in [-0.2, -0.15) is 0 Å². The van der Waals surface area contributed by atoms with Gasteiger partial charge in [-0.15, -0.1) is 9.69 Å². The van der Waals surface area contributed by atoms with Crippen LogP contribution in [0, 0.1) is 5.82 Å². The maximum atomic E-state index is 13.4. The number of methoxy groups -OCH3 is 1. The molecule has 27 heavy (non-hydrogen) atoms. The highest BCUT2D eigenvalue weighted by Crippen LogP contribution is 2.38. The number of benzene rings is 2. The lowest BCUT2D eigenvalue weighted by Gasteiger charge is -2.30. The third kappa shape index (κ3) is 3.60. The van der Waals surface area contributed by atoms with Gasteiger partial charge >= 0.3 is 0 Å². The first-order valence-electron chi connectivity index (χ1n) is 9.15. The van der Waals surface area contributed by atoms with Crippen LogP contribution in [0.3, 0.4) is 0 Å². The fourth-order valence-corrected chi connectivity index (χ4v) is 4.03. The van der Waals surface area contributed by atoms with Crippen LogP contribution >= 0.6 is 0 Å². The monoisotopic (exact) mass is 434 g/mol. The van der Waals surface area contributed by atoms with Crippen LogP contribution in [0.5, 0.6) is 5.75 Å². The number of aliphatic hydroxyl groups is 1. The maximum absolute atomic E-state index is 13.4. The first-order valence-corrected chi connectivity index (χ1v) is 9.15. The Kier molecular flexibility index (Phi) is 5.86. The van der Waals surface area contributed by atoms with E-state index in [2.05, 4.69) is 9.69 Å². The van der Waals surface area contributed by atoms with Crippen molar-refractivity contribution in [3.05, 3.63) is 65.5 Å². The minimum Gasteiger partial charge on any atom is -1.00 e. The Morgan fingerprint density at radius 1 is 1.04 bits per heavy atom. The molecule has 2 aliphatic rings. The number of hydrazine groups is 1. The minimum absolute atomic E-state index is 0. The first-order chi connectivity index (χ1) is 12.6. The number of fused-ring (bicyclic) bond motifs is 1. The van der Waals surface area contributed by atoms with Gasteiger partial charge in [-0.25, -0.2) is 4.39 Å². The molecule has 1 atom stereocenters. The number of rotatable bonds is 3. The van der Waals surface area contributed by atoms with E-state index in [1.165, 1.54) is 12.1 Å². The summed E-state index contributed by atoms with van der Waals surface area (Å²) >= 11 is 0. The highest BCUT2D eigenvalue weighted by molar-refractivity contribution is 5.98. The topological polar surface area (TPSA) is 35.7 Å². The third-order valence-corrected chi connectivity index (χ3v) is 5.41. The predicted molar refractivity (Wildman–Crippen MR) is 97.7 cm³/mol. The summed E-state index contributed by atoms with van der Waals surface area (Å²) in [7, 11) is 1.64. The summed E-state index contributed by atoms with van der Waals surface area (Å²) in [5, 5.41) is 13.8. The number of ether oxygens (including phenoxy) is 1. The van der Waals surface area contributed by atoms with Gasteiger partial charge in [-0.3, -0.25) is 0 Å². The van der Waals surface area contributed by atoms with E-state index in [0.29, 0.717) is 6.42 Å². The Balaban J connectivity index is 0.00000210.